The zero-order chi connectivity index (χ0) is 21.1. The molecule has 0 unspecified atom stereocenters. The van der Waals surface area contributed by atoms with Gasteiger partial charge in [-0.1, -0.05) is 30.3 Å². The van der Waals surface area contributed by atoms with Crippen molar-refractivity contribution >= 4 is 22.8 Å². The first kappa shape index (κ1) is 20.8. The van der Waals surface area contributed by atoms with E-state index in [9.17, 15) is 0 Å². The van der Waals surface area contributed by atoms with Crippen LogP contribution in [0.2, 0.25) is 0 Å². The van der Waals surface area contributed by atoms with E-state index in [4.69, 9.17) is 14.2 Å². The van der Waals surface area contributed by atoms with Crippen LogP contribution in [0.25, 0.3) is 11.0 Å². The second kappa shape index (κ2) is 9.18. The zero-order valence-corrected chi connectivity index (χ0v) is 18.7. The van der Waals surface area contributed by atoms with Crippen molar-refractivity contribution in [2.24, 2.45) is 5.92 Å². The van der Waals surface area contributed by atoms with Crippen molar-refractivity contribution in [3.05, 3.63) is 47.8 Å². The van der Waals surface area contributed by atoms with E-state index in [-0.39, 0.29) is 11.7 Å². The molecule has 3 heterocycles. The molecule has 1 N–H and O–H groups in total. The fourth-order valence-electron chi connectivity index (χ4n) is 4.31. The van der Waals surface area contributed by atoms with Crippen LogP contribution in [-0.4, -0.2) is 40.6 Å². The molecule has 0 atom stereocenters. The van der Waals surface area contributed by atoms with Crippen LogP contribution in [0, 0.1) is 12.8 Å². The Kier molecular flexibility index (Phi) is 6.16. The standard InChI is InChI=1S/C24H29N3O3S/c1-17-21(16-31-23-26-19-7-3-4-8-20(19)27-23)25-12-9-22(17)28-13-18-14-29-24(30-15-18)10-5-2-6-11-24/h3-4,7-9,12,18H,2,5-6,10-11,13-16H2,1H3,(H,26,27). The highest BCUT2D eigenvalue weighted by molar-refractivity contribution is 7.98. The smallest absolute Gasteiger partial charge is 0.168 e. The molecule has 5 rings (SSSR count). The van der Waals surface area contributed by atoms with Crippen LogP contribution in [-0.2, 0) is 15.2 Å². The molecule has 6 nitrogen and oxygen atoms in total. The Hall–Kier alpha value is -2.09. The first-order valence-electron chi connectivity index (χ1n) is 11.1. The first-order chi connectivity index (χ1) is 15.2. The maximum Gasteiger partial charge on any atom is 0.168 e. The highest BCUT2D eigenvalue weighted by Gasteiger charge is 2.38. The first-order valence-corrected chi connectivity index (χ1v) is 12.1. The third-order valence-electron chi connectivity index (χ3n) is 6.23. The molecule has 2 fully saturated rings. The molecule has 164 valence electrons. The lowest BCUT2D eigenvalue weighted by Crippen LogP contribution is -2.46. The van der Waals surface area contributed by atoms with Crippen molar-refractivity contribution in [2.45, 2.75) is 55.7 Å². The topological polar surface area (TPSA) is 69.3 Å². The lowest BCUT2D eigenvalue weighted by atomic mass is 9.93. The lowest BCUT2D eigenvalue weighted by molar-refractivity contribution is -0.296. The molecule has 2 aromatic heterocycles. The van der Waals surface area contributed by atoms with Crippen LogP contribution >= 0.6 is 11.8 Å². The van der Waals surface area contributed by atoms with Gasteiger partial charge in [0.2, 0.25) is 0 Å². The van der Waals surface area contributed by atoms with Gasteiger partial charge in [-0.15, -0.1) is 0 Å². The molecule has 1 aliphatic carbocycles. The molecule has 1 aromatic carbocycles. The Bertz CT molecular complexity index is 989. The van der Waals surface area contributed by atoms with Crippen molar-refractivity contribution in [2.75, 3.05) is 19.8 Å². The number of hydrogen-bond donors (Lipinski definition) is 1. The number of rotatable bonds is 6. The number of para-hydroxylation sites is 2. The van der Waals surface area contributed by atoms with Crippen molar-refractivity contribution in [3.63, 3.8) is 0 Å². The number of imidazole rings is 1. The Morgan fingerprint density at radius 2 is 1.94 bits per heavy atom. The third kappa shape index (κ3) is 4.73. The predicted molar refractivity (Wildman–Crippen MR) is 121 cm³/mol. The molecule has 1 saturated carbocycles. The number of benzene rings is 1. The van der Waals surface area contributed by atoms with Crippen LogP contribution < -0.4 is 4.74 Å². The lowest BCUT2D eigenvalue weighted by Gasteiger charge is -2.42. The van der Waals surface area contributed by atoms with E-state index in [2.05, 4.69) is 21.9 Å². The third-order valence-corrected chi connectivity index (χ3v) is 7.11. The number of pyridine rings is 1. The maximum absolute atomic E-state index is 6.16. The van der Waals surface area contributed by atoms with Gasteiger partial charge in [0, 0.05) is 36.3 Å². The SMILES string of the molecule is Cc1c(OCC2COC3(CCCCC3)OC2)ccnc1CSc1nc2ccccc2[nH]1. The molecule has 1 saturated heterocycles. The summed E-state index contributed by atoms with van der Waals surface area (Å²) in [5.74, 6) is 1.56. The number of fused-ring (bicyclic) bond motifs is 1. The van der Waals surface area contributed by atoms with Crippen molar-refractivity contribution in [1.29, 1.82) is 0 Å². The quantitative estimate of drug-likeness (QED) is 0.528. The molecule has 1 spiro atoms. The predicted octanol–water partition coefficient (Wildman–Crippen LogP) is 5.26. The van der Waals surface area contributed by atoms with Gasteiger partial charge in [0.25, 0.3) is 0 Å². The van der Waals surface area contributed by atoms with E-state index in [1.54, 1.807) is 11.8 Å². The summed E-state index contributed by atoms with van der Waals surface area (Å²) in [6, 6.07) is 10.0. The summed E-state index contributed by atoms with van der Waals surface area (Å²) in [6.07, 6.45) is 7.56. The summed E-state index contributed by atoms with van der Waals surface area (Å²) in [5, 5.41) is 0.905. The summed E-state index contributed by atoms with van der Waals surface area (Å²) < 4.78 is 18.5. The fourth-order valence-corrected chi connectivity index (χ4v) is 5.22. The zero-order valence-electron chi connectivity index (χ0n) is 17.9. The van der Waals surface area contributed by atoms with Gasteiger partial charge < -0.3 is 19.2 Å². The number of nitrogens with zero attached hydrogens (tertiary/aromatic N) is 2. The van der Waals surface area contributed by atoms with E-state index in [0.29, 0.717) is 19.8 Å². The molecular formula is C24H29N3O3S. The number of ether oxygens (including phenoxy) is 3. The number of thioether (sulfide) groups is 1. The second-order valence-electron chi connectivity index (χ2n) is 8.50. The van der Waals surface area contributed by atoms with E-state index in [1.165, 1.54) is 19.3 Å². The van der Waals surface area contributed by atoms with Gasteiger partial charge in [0.1, 0.15) is 5.75 Å². The Morgan fingerprint density at radius 1 is 1.13 bits per heavy atom. The molecule has 7 heteroatoms. The van der Waals surface area contributed by atoms with Gasteiger partial charge >= 0.3 is 0 Å². The van der Waals surface area contributed by atoms with Gasteiger partial charge in [-0.2, -0.15) is 0 Å². The average molecular weight is 440 g/mol. The number of H-pyrrole nitrogens is 1. The van der Waals surface area contributed by atoms with E-state index >= 15 is 0 Å². The summed E-state index contributed by atoms with van der Waals surface area (Å²) in [6.45, 7) is 4.08. The van der Waals surface area contributed by atoms with E-state index in [0.717, 1.165) is 51.8 Å². The summed E-state index contributed by atoms with van der Waals surface area (Å²) >= 11 is 1.66. The minimum Gasteiger partial charge on any atom is -0.493 e. The minimum atomic E-state index is -0.317. The summed E-state index contributed by atoms with van der Waals surface area (Å²) in [7, 11) is 0. The maximum atomic E-state index is 6.16. The summed E-state index contributed by atoms with van der Waals surface area (Å²) in [4.78, 5) is 12.6. The van der Waals surface area contributed by atoms with E-state index in [1.807, 2.05) is 36.5 Å². The molecule has 0 radical (unpaired) electrons. The Morgan fingerprint density at radius 3 is 2.74 bits per heavy atom. The van der Waals surface area contributed by atoms with E-state index < -0.39 is 0 Å². The van der Waals surface area contributed by atoms with Crippen LogP contribution in [0.15, 0.2) is 41.7 Å². The fraction of sp³-hybridized carbons (Fsp3) is 0.500. The number of aromatic nitrogens is 3. The van der Waals surface area contributed by atoms with Gasteiger partial charge in [0.15, 0.2) is 10.9 Å². The monoisotopic (exact) mass is 439 g/mol. The van der Waals surface area contributed by atoms with Gasteiger partial charge in [-0.05, 0) is 38.0 Å². The molecule has 0 amide bonds. The molecule has 3 aromatic rings. The van der Waals surface area contributed by atoms with Crippen molar-refractivity contribution in [1.82, 2.24) is 15.0 Å². The highest BCUT2D eigenvalue weighted by atomic mass is 32.2. The Labute approximate surface area is 187 Å². The molecule has 2 aliphatic rings. The second-order valence-corrected chi connectivity index (χ2v) is 9.46. The minimum absolute atomic E-state index is 0.258. The number of aromatic amines is 1. The average Bonchev–Trinajstić information content (AvgIpc) is 3.22. The number of nitrogens with one attached hydrogen (secondary N) is 1. The highest BCUT2D eigenvalue weighted by Crippen LogP contribution is 2.36. The van der Waals surface area contributed by atoms with Crippen LogP contribution in [0.5, 0.6) is 5.75 Å². The van der Waals surface area contributed by atoms with Crippen LogP contribution in [0.3, 0.4) is 0 Å². The Balaban J connectivity index is 1.16. The van der Waals surface area contributed by atoms with Crippen LogP contribution in [0.1, 0.15) is 43.4 Å². The van der Waals surface area contributed by atoms with Gasteiger partial charge in [0.05, 0.1) is 36.5 Å². The normalized spacial score (nSPS) is 19.1. The molecular weight excluding hydrogens is 410 g/mol. The largest absolute Gasteiger partial charge is 0.493 e. The van der Waals surface area contributed by atoms with Crippen LogP contribution in [0.4, 0.5) is 0 Å². The van der Waals surface area contributed by atoms with Crippen molar-refractivity contribution < 1.29 is 14.2 Å². The molecule has 0 bridgehead atoms. The summed E-state index contributed by atoms with van der Waals surface area (Å²) in [5.41, 5.74) is 4.13. The van der Waals surface area contributed by atoms with Gasteiger partial charge in [-0.25, -0.2) is 4.98 Å². The molecule has 31 heavy (non-hydrogen) atoms. The van der Waals surface area contributed by atoms with Crippen molar-refractivity contribution in [3.8, 4) is 5.75 Å². The van der Waals surface area contributed by atoms with Gasteiger partial charge in [-0.3, -0.25) is 4.98 Å². The number of hydrogen-bond acceptors (Lipinski definition) is 6. The molecule has 1 aliphatic heterocycles.